The lowest BCUT2D eigenvalue weighted by Gasteiger charge is -2.22. The van der Waals surface area contributed by atoms with E-state index in [1.165, 1.54) is 12.3 Å². The van der Waals surface area contributed by atoms with E-state index in [1.807, 2.05) is 6.92 Å². The van der Waals surface area contributed by atoms with E-state index in [1.54, 1.807) is 36.4 Å². The van der Waals surface area contributed by atoms with Gasteiger partial charge in [-0.05, 0) is 53.4 Å². The fraction of sp³-hybridized carbons (Fsp3) is 0.308. The van der Waals surface area contributed by atoms with Crippen molar-refractivity contribution >= 4 is 18.5 Å². The molecule has 1 aromatic heterocycles. The van der Waals surface area contributed by atoms with Gasteiger partial charge in [-0.1, -0.05) is 30.3 Å². The van der Waals surface area contributed by atoms with Gasteiger partial charge in [0.2, 0.25) is 0 Å². The van der Waals surface area contributed by atoms with Crippen LogP contribution in [0.25, 0.3) is 11.1 Å². The summed E-state index contributed by atoms with van der Waals surface area (Å²) in [6.45, 7) is 2.74. The molecule has 0 saturated carbocycles. The monoisotopic (exact) mass is 517 g/mol. The van der Waals surface area contributed by atoms with Crippen molar-refractivity contribution in [3.63, 3.8) is 0 Å². The molecule has 10 heteroatoms. The topological polar surface area (TPSA) is 94.3 Å². The Hall–Kier alpha value is -3.00. The summed E-state index contributed by atoms with van der Waals surface area (Å²) in [6.07, 6.45) is -2.15. The highest BCUT2D eigenvalue weighted by atomic mass is 31.2. The summed E-state index contributed by atoms with van der Waals surface area (Å²) in [5, 5.41) is 2.92. The summed E-state index contributed by atoms with van der Waals surface area (Å²) in [7, 11) is -2.68. The summed E-state index contributed by atoms with van der Waals surface area (Å²) in [5.41, 5.74) is 8.21. The molecular formula is C26H27F3N3O3P. The maximum Gasteiger partial charge on any atom is 0.416 e. The predicted octanol–water partition coefficient (Wildman–Crippen LogP) is 4.74. The molecule has 1 saturated heterocycles. The van der Waals surface area contributed by atoms with Crippen molar-refractivity contribution in [3.05, 3.63) is 83.0 Å². The second-order valence-electron chi connectivity index (χ2n) is 8.74. The largest absolute Gasteiger partial charge is 0.416 e. The van der Waals surface area contributed by atoms with Crippen LogP contribution in [0.15, 0.2) is 60.8 Å². The highest BCUT2D eigenvalue weighted by Gasteiger charge is 2.31. The number of ether oxygens (including phenoxy) is 1. The first-order chi connectivity index (χ1) is 17.1. The summed E-state index contributed by atoms with van der Waals surface area (Å²) in [5.74, 6) is -0.335. The first-order valence-electron chi connectivity index (χ1n) is 11.5. The minimum atomic E-state index is -4.45. The molecule has 3 N–H and O–H groups in total. The Morgan fingerprint density at radius 3 is 2.44 bits per heavy atom. The van der Waals surface area contributed by atoms with Crippen molar-refractivity contribution in [2.75, 3.05) is 25.5 Å². The van der Waals surface area contributed by atoms with Gasteiger partial charge in [-0.15, -0.1) is 0 Å². The zero-order valence-electron chi connectivity index (χ0n) is 19.7. The van der Waals surface area contributed by atoms with Gasteiger partial charge in [-0.25, -0.2) is 0 Å². The highest BCUT2D eigenvalue weighted by molar-refractivity contribution is 7.71. The predicted molar refractivity (Wildman–Crippen MR) is 133 cm³/mol. The molecule has 0 aliphatic carbocycles. The van der Waals surface area contributed by atoms with Crippen LogP contribution in [0.1, 0.15) is 40.0 Å². The molecule has 0 unspecified atom stereocenters. The number of alkyl halides is 3. The number of pyridine rings is 1. The normalized spacial score (nSPS) is 16.4. The Kier molecular flexibility index (Phi) is 7.64. The van der Waals surface area contributed by atoms with E-state index in [0.717, 1.165) is 17.7 Å². The average Bonchev–Trinajstić information content (AvgIpc) is 2.88. The third-order valence-electron chi connectivity index (χ3n) is 6.35. The minimum absolute atomic E-state index is 0.107. The number of nitrogens with two attached hydrogens (primary N) is 1. The first-order valence-corrected chi connectivity index (χ1v) is 13.6. The Balaban J connectivity index is 1.50. The number of hydrogen-bond acceptors (Lipinski definition) is 5. The molecule has 1 aliphatic rings. The fourth-order valence-corrected chi connectivity index (χ4v) is 6.34. The molecule has 1 amide bonds. The van der Waals surface area contributed by atoms with Crippen LogP contribution < -0.4 is 16.5 Å². The molecule has 2 aromatic carbocycles. The average molecular weight is 517 g/mol. The third-order valence-corrected chi connectivity index (χ3v) is 9.23. The van der Waals surface area contributed by atoms with Crippen LogP contribution in [0, 0.1) is 0 Å². The number of hydrogen-bond donors (Lipinski definition) is 2. The van der Waals surface area contributed by atoms with Gasteiger partial charge in [0.05, 0.1) is 24.8 Å². The summed E-state index contributed by atoms with van der Waals surface area (Å²) < 4.78 is 58.1. The zero-order chi connectivity index (χ0) is 25.9. The maximum absolute atomic E-state index is 13.2. The quantitative estimate of drug-likeness (QED) is 0.461. The molecular weight excluding hydrogens is 490 g/mol. The van der Waals surface area contributed by atoms with Crippen molar-refractivity contribution in [1.29, 1.82) is 0 Å². The van der Waals surface area contributed by atoms with Gasteiger partial charge in [0, 0.05) is 30.6 Å². The molecule has 0 bridgehead atoms. The Bertz CT molecular complexity index is 1290. The molecule has 1 atom stereocenters. The lowest BCUT2D eigenvalue weighted by molar-refractivity contribution is -0.137. The van der Waals surface area contributed by atoms with Crippen molar-refractivity contribution in [3.8, 4) is 11.1 Å². The number of carbonyl (C=O) groups is 1. The van der Waals surface area contributed by atoms with Gasteiger partial charge in [0.15, 0.2) is 0 Å². The van der Waals surface area contributed by atoms with Crippen molar-refractivity contribution in [2.45, 2.75) is 25.7 Å². The molecule has 1 fully saturated rings. The van der Waals surface area contributed by atoms with Gasteiger partial charge >= 0.3 is 6.18 Å². The molecule has 36 heavy (non-hydrogen) atoms. The minimum Gasteiger partial charge on any atom is -0.380 e. The zero-order valence-corrected chi connectivity index (χ0v) is 20.6. The smallest absolute Gasteiger partial charge is 0.380 e. The molecule has 0 radical (unpaired) electrons. The van der Waals surface area contributed by atoms with Crippen LogP contribution in [0.4, 0.5) is 13.2 Å². The number of carbonyl (C=O) groups excluding carboxylic acids is 1. The third kappa shape index (κ3) is 5.69. The van der Waals surface area contributed by atoms with Crippen molar-refractivity contribution < 1.29 is 27.3 Å². The van der Waals surface area contributed by atoms with Crippen molar-refractivity contribution in [1.82, 2.24) is 10.3 Å². The standard InChI is InChI=1S/C26H27F3N3O3P/c1-17(32-25(33)20-8-9-31-24(14-20)36(34)12-10-35-11-13-36)18-2-4-19(5-3-18)23-15-22(26(27,28)29)7-6-21(23)16-30/h2-9,14-15,17H,10-13,16,30H2,1H3,(H,32,33)/t17-/m1/s1. The van der Waals surface area contributed by atoms with E-state index in [0.29, 0.717) is 53.2 Å². The van der Waals surface area contributed by atoms with E-state index in [9.17, 15) is 22.5 Å². The number of rotatable bonds is 6. The van der Waals surface area contributed by atoms with Crippen LogP contribution in [0.5, 0.6) is 0 Å². The molecule has 6 nitrogen and oxygen atoms in total. The van der Waals surface area contributed by atoms with E-state index < -0.39 is 18.9 Å². The van der Waals surface area contributed by atoms with Crippen LogP contribution >= 0.6 is 7.14 Å². The first kappa shape index (κ1) is 26.1. The number of halogens is 3. The number of amides is 1. The molecule has 2 heterocycles. The van der Waals surface area contributed by atoms with Crippen LogP contribution in [-0.2, 0) is 22.0 Å². The van der Waals surface area contributed by atoms with E-state index in [-0.39, 0.29) is 18.5 Å². The lowest BCUT2D eigenvalue weighted by Crippen LogP contribution is -2.29. The fourth-order valence-electron chi connectivity index (χ4n) is 4.16. The van der Waals surface area contributed by atoms with Crippen LogP contribution in [-0.4, -0.2) is 36.4 Å². The van der Waals surface area contributed by atoms with E-state index in [2.05, 4.69) is 10.3 Å². The SMILES string of the molecule is C[C@@H](NC(=O)c1ccnc(P2(=O)CCOCC2)c1)c1ccc(-c2cc(C(F)(F)F)ccc2CN)cc1. The van der Waals surface area contributed by atoms with Gasteiger partial charge in [0.1, 0.15) is 12.6 Å². The van der Waals surface area contributed by atoms with Crippen molar-refractivity contribution in [2.24, 2.45) is 5.73 Å². The second-order valence-corrected chi connectivity index (χ2v) is 11.9. The second kappa shape index (κ2) is 10.5. The Morgan fingerprint density at radius 1 is 1.11 bits per heavy atom. The molecule has 0 spiro atoms. The molecule has 3 aromatic rings. The van der Waals surface area contributed by atoms with E-state index >= 15 is 0 Å². The van der Waals surface area contributed by atoms with Gasteiger partial charge in [0.25, 0.3) is 5.91 Å². The number of nitrogens with zero attached hydrogens (tertiary/aromatic N) is 1. The van der Waals surface area contributed by atoms with Gasteiger partial charge in [-0.3, -0.25) is 9.78 Å². The summed E-state index contributed by atoms with van der Waals surface area (Å²) in [6, 6.07) is 13.3. The molecule has 190 valence electrons. The Labute approximate surface area is 207 Å². The van der Waals surface area contributed by atoms with E-state index in [4.69, 9.17) is 10.5 Å². The number of nitrogens with one attached hydrogen (secondary N) is 1. The Morgan fingerprint density at radius 2 is 1.81 bits per heavy atom. The molecule has 4 rings (SSSR count). The highest BCUT2D eigenvalue weighted by Crippen LogP contribution is 2.45. The van der Waals surface area contributed by atoms with Gasteiger partial charge < -0.3 is 20.4 Å². The summed E-state index contributed by atoms with van der Waals surface area (Å²) in [4.78, 5) is 17.1. The van der Waals surface area contributed by atoms with Crippen LogP contribution in [0.3, 0.4) is 0 Å². The maximum atomic E-state index is 13.2. The number of benzene rings is 2. The molecule has 1 aliphatic heterocycles. The lowest BCUT2D eigenvalue weighted by atomic mass is 9.95. The van der Waals surface area contributed by atoms with Crippen LogP contribution in [0.2, 0.25) is 0 Å². The summed E-state index contributed by atoms with van der Waals surface area (Å²) >= 11 is 0. The van der Waals surface area contributed by atoms with Gasteiger partial charge in [-0.2, -0.15) is 13.2 Å². The number of aromatic nitrogens is 1.